The maximum Gasteiger partial charge on any atom is 0.348 e. The molecule has 0 amide bonds. The van der Waals surface area contributed by atoms with Crippen molar-refractivity contribution >= 4 is 12.0 Å². The van der Waals surface area contributed by atoms with Crippen molar-refractivity contribution in [3.8, 4) is 17.6 Å². The van der Waals surface area contributed by atoms with Crippen LogP contribution in [0, 0.1) is 11.3 Å². The maximum atomic E-state index is 11.4. The van der Waals surface area contributed by atoms with Gasteiger partial charge in [-0.3, -0.25) is 0 Å². The van der Waals surface area contributed by atoms with E-state index in [1.54, 1.807) is 24.3 Å². The number of nitrogens with zero attached hydrogens (tertiary/aromatic N) is 1. The molecule has 1 aromatic carbocycles. The normalized spacial score (nSPS) is 10.7. The molecule has 0 atom stereocenters. The van der Waals surface area contributed by atoms with E-state index in [0.29, 0.717) is 17.1 Å². The number of carbonyl (C=O) groups excluding carboxylic acids is 1. The summed E-state index contributed by atoms with van der Waals surface area (Å²) in [5, 5.41) is 26.5. The first-order valence-electron chi connectivity index (χ1n) is 6.47. The fourth-order valence-corrected chi connectivity index (χ4v) is 1.57. The lowest BCUT2D eigenvalue weighted by atomic mass is 10.1. The lowest BCUT2D eigenvalue weighted by Gasteiger charge is -2.12. The highest BCUT2D eigenvalue weighted by Gasteiger charge is 2.11. The standard InChI is InChI=1S/C15H17NO6/c1-20-15(19)12(10-16)8-11-2-3-13(21-6-4-17)14(9-11)22-7-5-18/h2-3,8-9,17-18H,4-7H2,1H3. The predicted octanol–water partition coefficient (Wildman–Crippen LogP) is 0.509. The summed E-state index contributed by atoms with van der Waals surface area (Å²) in [4.78, 5) is 11.4. The van der Waals surface area contributed by atoms with Gasteiger partial charge in [0.25, 0.3) is 0 Å². The Bertz CT molecular complexity index is 576. The predicted molar refractivity (Wildman–Crippen MR) is 77.2 cm³/mol. The van der Waals surface area contributed by atoms with Gasteiger partial charge < -0.3 is 24.4 Å². The second-order valence-corrected chi connectivity index (χ2v) is 4.01. The Morgan fingerprint density at radius 1 is 1.23 bits per heavy atom. The molecule has 0 aliphatic carbocycles. The molecule has 0 unspecified atom stereocenters. The monoisotopic (exact) mass is 307 g/mol. The number of hydrogen-bond acceptors (Lipinski definition) is 7. The molecule has 0 saturated heterocycles. The van der Waals surface area contributed by atoms with Gasteiger partial charge in [0.2, 0.25) is 0 Å². The van der Waals surface area contributed by atoms with Crippen LogP contribution in [-0.2, 0) is 9.53 Å². The summed E-state index contributed by atoms with van der Waals surface area (Å²) in [5.74, 6) is -0.0180. The molecule has 0 saturated carbocycles. The Kier molecular flexibility index (Phi) is 7.47. The van der Waals surface area contributed by atoms with Gasteiger partial charge in [-0.25, -0.2) is 4.79 Å². The molecule has 1 aromatic rings. The summed E-state index contributed by atoms with van der Waals surface area (Å²) in [6, 6.07) is 6.52. The van der Waals surface area contributed by atoms with E-state index in [0.717, 1.165) is 0 Å². The molecule has 0 fully saturated rings. The average Bonchev–Trinajstić information content (AvgIpc) is 2.55. The van der Waals surface area contributed by atoms with Crippen LogP contribution in [0.25, 0.3) is 6.08 Å². The van der Waals surface area contributed by atoms with Crippen molar-refractivity contribution in [2.24, 2.45) is 0 Å². The Balaban J connectivity index is 3.09. The topological polar surface area (TPSA) is 109 Å². The van der Waals surface area contributed by atoms with Crippen molar-refractivity contribution in [3.05, 3.63) is 29.3 Å². The number of ether oxygens (including phenoxy) is 3. The van der Waals surface area contributed by atoms with E-state index in [2.05, 4.69) is 4.74 Å². The first-order valence-corrected chi connectivity index (χ1v) is 6.47. The van der Waals surface area contributed by atoms with E-state index in [-0.39, 0.29) is 32.0 Å². The zero-order chi connectivity index (χ0) is 16.4. The Morgan fingerprint density at radius 3 is 2.41 bits per heavy atom. The second kappa shape index (κ2) is 9.39. The molecule has 0 radical (unpaired) electrons. The van der Waals surface area contributed by atoms with Crippen molar-refractivity contribution in [3.63, 3.8) is 0 Å². The third-order valence-electron chi connectivity index (χ3n) is 2.50. The van der Waals surface area contributed by atoms with Crippen LogP contribution in [0.3, 0.4) is 0 Å². The number of esters is 1. The SMILES string of the molecule is COC(=O)C(C#N)=Cc1ccc(OCCO)c(OCCO)c1. The van der Waals surface area contributed by atoms with Crippen LogP contribution in [0.15, 0.2) is 23.8 Å². The van der Waals surface area contributed by atoms with Crippen LogP contribution in [0.2, 0.25) is 0 Å². The molecule has 7 heteroatoms. The number of aliphatic hydroxyl groups is 2. The number of carbonyl (C=O) groups is 1. The molecule has 1 rings (SSSR count). The summed E-state index contributed by atoms with van der Waals surface area (Å²) in [7, 11) is 1.19. The van der Waals surface area contributed by atoms with Crippen LogP contribution in [0.5, 0.6) is 11.5 Å². The minimum atomic E-state index is -0.735. The highest BCUT2D eigenvalue weighted by atomic mass is 16.5. The summed E-state index contributed by atoms with van der Waals surface area (Å²) in [6.45, 7) is -0.172. The smallest absolute Gasteiger partial charge is 0.348 e. The Morgan fingerprint density at radius 2 is 1.86 bits per heavy atom. The van der Waals surface area contributed by atoms with E-state index < -0.39 is 5.97 Å². The number of benzene rings is 1. The van der Waals surface area contributed by atoms with Crippen molar-refractivity contribution in [1.82, 2.24) is 0 Å². The fourth-order valence-electron chi connectivity index (χ4n) is 1.57. The summed E-state index contributed by atoms with van der Waals surface area (Å²) in [6.07, 6.45) is 1.35. The molecular weight excluding hydrogens is 290 g/mol. The van der Waals surface area contributed by atoms with Crippen LogP contribution in [-0.4, -0.2) is 49.7 Å². The quantitative estimate of drug-likeness (QED) is 0.409. The number of nitriles is 1. The zero-order valence-electron chi connectivity index (χ0n) is 12.1. The molecule has 118 valence electrons. The minimum Gasteiger partial charge on any atom is -0.487 e. The van der Waals surface area contributed by atoms with Crippen LogP contribution in [0.1, 0.15) is 5.56 Å². The van der Waals surface area contributed by atoms with E-state index in [1.807, 2.05) is 0 Å². The molecule has 0 aliphatic rings. The Labute approximate surface area is 128 Å². The molecule has 7 nitrogen and oxygen atoms in total. The van der Waals surface area contributed by atoms with Gasteiger partial charge in [-0.15, -0.1) is 0 Å². The van der Waals surface area contributed by atoms with Crippen LogP contribution < -0.4 is 9.47 Å². The number of hydrogen-bond donors (Lipinski definition) is 2. The molecule has 0 aromatic heterocycles. The highest BCUT2D eigenvalue weighted by Crippen LogP contribution is 2.29. The summed E-state index contributed by atoms with van der Waals surface area (Å²) < 4.78 is 15.1. The largest absolute Gasteiger partial charge is 0.487 e. The first-order chi connectivity index (χ1) is 10.7. The van der Waals surface area contributed by atoms with Crippen molar-refractivity contribution < 1.29 is 29.2 Å². The molecule has 0 spiro atoms. The summed E-state index contributed by atoms with van der Waals surface area (Å²) in [5.41, 5.74) is 0.380. The summed E-state index contributed by atoms with van der Waals surface area (Å²) >= 11 is 0. The van der Waals surface area contributed by atoms with Crippen molar-refractivity contribution in [2.45, 2.75) is 0 Å². The van der Waals surface area contributed by atoms with Gasteiger partial charge in [0.05, 0.1) is 20.3 Å². The lowest BCUT2D eigenvalue weighted by molar-refractivity contribution is -0.135. The third kappa shape index (κ3) is 5.09. The van der Waals surface area contributed by atoms with Gasteiger partial charge in [0.15, 0.2) is 11.5 Å². The molecule has 2 N–H and O–H groups in total. The lowest BCUT2D eigenvalue weighted by Crippen LogP contribution is -2.07. The van der Waals surface area contributed by atoms with E-state index in [9.17, 15) is 4.79 Å². The molecule has 22 heavy (non-hydrogen) atoms. The van der Waals surface area contributed by atoms with Gasteiger partial charge in [0.1, 0.15) is 24.9 Å². The van der Waals surface area contributed by atoms with E-state index >= 15 is 0 Å². The first kappa shape index (κ1) is 17.5. The van der Waals surface area contributed by atoms with Crippen molar-refractivity contribution in [1.29, 1.82) is 5.26 Å². The second-order valence-electron chi connectivity index (χ2n) is 4.01. The van der Waals surface area contributed by atoms with Gasteiger partial charge >= 0.3 is 5.97 Å². The Hall–Kier alpha value is -2.56. The fraction of sp³-hybridized carbons (Fsp3) is 0.333. The molecule has 0 aliphatic heterocycles. The van der Waals surface area contributed by atoms with Gasteiger partial charge in [-0.05, 0) is 23.8 Å². The van der Waals surface area contributed by atoms with E-state index in [1.165, 1.54) is 13.2 Å². The molecule has 0 bridgehead atoms. The average molecular weight is 307 g/mol. The van der Waals surface area contributed by atoms with Gasteiger partial charge in [-0.1, -0.05) is 6.07 Å². The molecular formula is C15H17NO6. The van der Waals surface area contributed by atoms with Crippen LogP contribution >= 0.6 is 0 Å². The van der Waals surface area contributed by atoms with Crippen molar-refractivity contribution in [2.75, 3.05) is 33.5 Å². The number of aliphatic hydroxyl groups excluding tert-OH is 2. The molecule has 0 heterocycles. The highest BCUT2D eigenvalue weighted by molar-refractivity contribution is 5.97. The number of rotatable bonds is 8. The minimum absolute atomic E-state index is 0.0603. The third-order valence-corrected chi connectivity index (χ3v) is 2.50. The van der Waals surface area contributed by atoms with E-state index in [4.69, 9.17) is 24.9 Å². The zero-order valence-corrected chi connectivity index (χ0v) is 12.1. The van der Waals surface area contributed by atoms with Gasteiger partial charge in [-0.2, -0.15) is 5.26 Å². The van der Waals surface area contributed by atoms with Gasteiger partial charge in [0, 0.05) is 0 Å². The number of methoxy groups -OCH3 is 1. The van der Waals surface area contributed by atoms with Crippen LogP contribution in [0.4, 0.5) is 0 Å². The maximum absolute atomic E-state index is 11.4.